The second-order valence-corrected chi connectivity index (χ2v) is 5.49. The van der Waals surface area contributed by atoms with Crippen LogP contribution in [0.4, 0.5) is 0 Å². The Labute approximate surface area is 117 Å². The minimum atomic E-state index is 0.426. The summed E-state index contributed by atoms with van der Waals surface area (Å²) in [6, 6.07) is 11.8. The zero-order chi connectivity index (χ0) is 13.7. The van der Waals surface area contributed by atoms with Crippen LogP contribution >= 0.6 is 0 Å². The van der Waals surface area contributed by atoms with Crippen molar-refractivity contribution in [2.24, 2.45) is 0 Å². The van der Waals surface area contributed by atoms with Crippen molar-refractivity contribution >= 4 is 0 Å². The van der Waals surface area contributed by atoms with Crippen molar-refractivity contribution in [1.82, 2.24) is 15.1 Å². The fourth-order valence-electron chi connectivity index (χ4n) is 3.10. The lowest BCUT2D eigenvalue weighted by Gasteiger charge is -2.41. The minimum absolute atomic E-state index is 0.426. The van der Waals surface area contributed by atoms with Crippen LogP contribution in [-0.2, 0) is 0 Å². The molecule has 0 aromatic heterocycles. The zero-order valence-electron chi connectivity index (χ0n) is 12.5. The molecule has 0 saturated carbocycles. The lowest BCUT2D eigenvalue weighted by atomic mass is 9.95. The highest BCUT2D eigenvalue weighted by atomic mass is 15.3. The van der Waals surface area contributed by atoms with Crippen molar-refractivity contribution in [3.05, 3.63) is 35.9 Å². The number of rotatable bonds is 5. The van der Waals surface area contributed by atoms with Gasteiger partial charge >= 0.3 is 0 Å². The van der Waals surface area contributed by atoms with Crippen LogP contribution < -0.4 is 5.32 Å². The highest BCUT2D eigenvalue weighted by molar-refractivity contribution is 5.20. The van der Waals surface area contributed by atoms with E-state index < -0.39 is 0 Å². The summed E-state index contributed by atoms with van der Waals surface area (Å²) in [6.45, 7) is 7.03. The number of piperazine rings is 1. The predicted octanol–water partition coefficient (Wildman–Crippen LogP) is 1.97. The van der Waals surface area contributed by atoms with Crippen LogP contribution in [0.1, 0.15) is 24.9 Å². The fraction of sp³-hybridized carbons (Fsp3) is 0.625. The number of nitrogens with one attached hydrogen (secondary N) is 1. The lowest BCUT2D eigenvalue weighted by molar-refractivity contribution is 0.0894. The SMILES string of the molecule is CCC(C(NC)c1ccccc1)N1CCN(C)CC1. The summed E-state index contributed by atoms with van der Waals surface area (Å²) in [4.78, 5) is 5.06. The average molecular weight is 261 g/mol. The van der Waals surface area contributed by atoms with Crippen molar-refractivity contribution in [2.45, 2.75) is 25.4 Å². The summed E-state index contributed by atoms with van der Waals surface area (Å²) in [5.74, 6) is 0. The standard InChI is InChI=1S/C16H27N3/c1-4-15(19-12-10-18(3)11-13-19)16(17-2)14-8-6-5-7-9-14/h5-9,15-17H,4,10-13H2,1-3H3. The third-order valence-corrected chi connectivity index (χ3v) is 4.28. The Kier molecular flexibility index (Phi) is 5.37. The lowest BCUT2D eigenvalue weighted by Crippen LogP contribution is -2.52. The monoisotopic (exact) mass is 261 g/mol. The van der Waals surface area contributed by atoms with Crippen LogP contribution in [0.2, 0.25) is 0 Å². The number of likely N-dealkylation sites (N-methyl/N-ethyl adjacent to an activating group) is 2. The third kappa shape index (κ3) is 3.56. The number of hydrogen-bond donors (Lipinski definition) is 1. The van der Waals surface area contributed by atoms with E-state index in [0.717, 1.165) is 0 Å². The maximum atomic E-state index is 3.52. The first-order valence-electron chi connectivity index (χ1n) is 7.41. The zero-order valence-corrected chi connectivity index (χ0v) is 12.5. The molecule has 2 unspecified atom stereocenters. The Morgan fingerprint density at radius 2 is 1.74 bits per heavy atom. The average Bonchev–Trinajstić information content (AvgIpc) is 2.47. The molecule has 106 valence electrons. The largest absolute Gasteiger partial charge is 0.312 e. The first kappa shape index (κ1) is 14.5. The molecule has 3 heteroatoms. The highest BCUT2D eigenvalue weighted by Gasteiger charge is 2.28. The molecule has 2 atom stereocenters. The molecule has 1 aliphatic heterocycles. The molecular formula is C16H27N3. The van der Waals surface area contributed by atoms with Gasteiger partial charge < -0.3 is 10.2 Å². The Morgan fingerprint density at radius 1 is 1.11 bits per heavy atom. The molecule has 1 aromatic carbocycles. The van der Waals surface area contributed by atoms with Crippen LogP contribution in [0.3, 0.4) is 0 Å². The number of hydrogen-bond acceptors (Lipinski definition) is 3. The van der Waals surface area contributed by atoms with Crippen molar-refractivity contribution < 1.29 is 0 Å². The molecule has 1 fully saturated rings. The van der Waals surface area contributed by atoms with Crippen molar-refractivity contribution in [1.29, 1.82) is 0 Å². The summed E-state index contributed by atoms with van der Waals surface area (Å²) in [5, 5.41) is 3.52. The molecular weight excluding hydrogens is 234 g/mol. The van der Waals surface area contributed by atoms with Crippen molar-refractivity contribution in [2.75, 3.05) is 40.3 Å². The molecule has 0 spiro atoms. The van der Waals surface area contributed by atoms with Crippen molar-refractivity contribution in [3.8, 4) is 0 Å². The highest BCUT2D eigenvalue weighted by Crippen LogP contribution is 2.24. The van der Waals surface area contributed by atoms with Crippen molar-refractivity contribution in [3.63, 3.8) is 0 Å². The molecule has 1 aliphatic rings. The Bertz CT molecular complexity index is 358. The quantitative estimate of drug-likeness (QED) is 0.874. The van der Waals surface area contributed by atoms with Gasteiger partial charge in [-0.05, 0) is 26.1 Å². The molecule has 0 amide bonds. The molecule has 3 nitrogen and oxygen atoms in total. The van der Waals surface area contributed by atoms with E-state index in [1.165, 1.54) is 38.2 Å². The fourth-order valence-corrected chi connectivity index (χ4v) is 3.10. The van der Waals surface area contributed by atoms with Gasteiger partial charge in [0.25, 0.3) is 0 Å². The normalized spacial score (nSPS) is 21.2. The summed E-state index contributed by atoms with van der Waals surface area (Å²) in [5.41, 5.74) is 1.40. The van der Waals surface area contributed by atoms with E-state index in [4.69, 9.17) is 0 Å². The van der Waals surface area contributed by atoms with Gasteiger partial charge in [0, 0.05) is 38.3 Å². The second-order valence-electron chi connectivity index (χ2n) is 5.49. The van der Waals surface area contributed by atoms with Gasteiger partial charge in [-0.2, -0.15) is 0 Å². The van der Waals surface area contributed by atoms with E-state index in [-0.39, 0.29) is 0 Å². The molecule has 19 heavy (non-hydrogen) atoms. The molecule has 0 bridgehead atoms. The first-order valence-corrected chi connectivity index (χ1v) is 7.41. The smallest absolute Gasteiger partial charge is 0.0475 e. The maximum absolute atomic E-state index is 3.52. The van der Waals surface area contributed by atoms with E-state index in [0.29, 0.717) is 12.1 Å². The van der Waals surface area contributed by atoms with E-state index in [1.54, 1.807) is 0 Å². The molecule has 0 radical (unpaired) electrons. The van der Waals surface area contributed by atoms with E-state index in [9.17, 15) is 0 Å². The molecule has 1 N–H and O–H groups in total. The van der Waals surface area contributed by atoms with Gasteiger partial charge in [0.2, 0.25) is 0 Å². The number of benzene rings is 1. The van der Waals surface area contributed by atoms with Gasteiger partial charge in [0.1, 0.15) is 0 Å². The summed E-state index contributed by atoms with van der Waals surface area (Å²) >= 11 is 0. The van der Waals surface area contributed by atoms with Crippen LogP contribution in [0, 0.1) is 0 Å². The van der Waals surface area contributed by atoms with Crippen LogP contribution in [0.15, 0.2) is 30.3 Å². The molecule has 2 rings (SSSR count). The molecule has 0 aliphatic carbocycles. The van der Waals surface area contributed by atoms with Gasteiger partial charge in [-0.25, -0.2) is 0 Å². The summed E-state index contributed by atoms with van der Waals surface area (Å²) in [7, 11) is 4.29. The predicted molar refractivity (Wildman–Crippen MR) is 81.4 cm³/mol. The Balaban J connectivity index is 2.10. The van der Waals surface area contributed by atoms with Crippen LogP contribution in [0.5, 0.6) is 0 Å². The summed E-state index contributed by atoms with van der Waals surface area (Å²) < 4.78 is 0. The maximum Gasteiger partial charge on any atom is 0.0475 e. The Morgan fingerprint density at radius 3 is 2.26 bits per heavy atom. The summed E-state index contributed by atoms with van der Waals surface area (Å²) in [6.07, 6.45) is 1.18. The van der Waals surface area contributed by atoms with E-state index >= 15 is 0 Å². The van der Waals surface area contributed by atoms with E-state index in [1.807, 2.05) is 0 Å². The van der Waals surface area contributed by atoms with Gasteiger partial charge in [-0.1, -0.05) is 37.3 Å². The Hall–Kier alpha value is -0.900. The molecule has 1 heterocycles. The topological polar surface area (TPSA) is 18.5 Å². The first-order chi connectivity index (χ1) is 9.26. The third-order valence-electron chi connectivity index (χ3n) is 4.28. The molecule has 1 saturated heterocycles. The van der Waals surface area contributed by atoms with Gasteiger partial charge in [0.15, 0.2) is 0 Å². The van der Waals surface area contributed by atoms with Gasteiger partial charge in [-0.3, -0.25) is 4.90 Å². The second kappa shape index (κ2) is 7.04. The van der Waals surface area contributed by atoms with Crippen LogP contribution in [-0.4, -0.2) is 56.1 Å². The minimum Gasteiger partial charge on any atom is -0.312 e. The van der Waals surface area contributed by atoms with Gasteiger partial charge in [0.05, 0.1) is 0 Å². The van der Waals surface area contributed by atoms with Gasteiger partial charge in [-0.15, -0.1) is 0 Å². The van der Waals surface area contributed by atoms with E-state index in [2.05, 4.69) is 66.5 Å². The number of nitrogens with zero attached hydrogens (tertiary/aromatic N) is 2. The molecule has 1 aromatic rings. The van der Waals surface area contributed by atoms with Crippen LogP contribution in [0.25, 0.3) is 0 Å².